The normalized spacial score (nSPS) is 16.6. The quantitative estimate of drug-likeness (QED) is 0.567. The highest BCUT2D eigenvalue weighted by molar-refractivity contribution is 5.95. The first-order valence-corrected chi connectivity index (χ1v) is 8.61. The van der Waals surface area contributed by atoms with Crippen molar-refractivity contribution in [3.05, 3.63) is 12.4 Å². The van der Waals surface area contributed by atoms with E-state index in [-0.39, 0.29) is 24.3 Å². The molecule has 1 atom stereocenters. The second kappa shape index (κ2) is 9.50. The SMILES string of the molecule is CC(C)[C@H](N)C(=O)NCC(=O)Nc1cnn(CCN2CCOCC2)c1. The zero-order chi connectivity index (χ0) is 18.2. The summed E-state index contributed by atoms with van der Waals surface area (Å²) in [6, 6.07) is -0.615. The molecule has 0 radical (unpaired) electrons. The van der Waals surface area contributed by atoms with Crippen LogP contribution in [0.15, 0.2) is 12.4 Å². The number of carbonyl (C=O) groups is 2. The van der Waals surface area contributed by atoms with E-state index in [2.05, 4.69) is 20.6 Å². The van der Waals surface area contributed by atoms with Crippen molar-refractivity contribution in [3.8, 4) is 0 Å². The van der Waals surface area contributed by atoms with Gasteiger partial charge in [0.1, 0.15) is 0 Å². The molecule has 140 valence electrons. The fourth-order valence-electron chi connectivity index (χ4n) is 2.41. The Kier molecular flexibility index (Phi) is 7.35. The van der Waals surface area contributed by atoms with E-state index in [9.17, 15) is 9.59 Å². The molecule has 0 bridgehead atoms. The van der Waals surface area contributed by atoms with Gasteiger partial charge in [0.15, 0.2) is 0 Å². The first kappa shape index (κ1) is 19.4. The van der Waals surface area contributed by atoms with Crippen molar-refractivity contribution < 1.29 is 14.3 Å². The Bertz CT molecular complexity index is 568. The molecule has 2 heterocycles. The molecule has 25 heavy (non-hydrogen) atoms. The average Bonchev–Trinajstić information content (AvgIpc) is 3.05. The number of anilines is 1. The number of carbonyl (C=O) groups excluding carboxylic acids is 2. The van der Waals surface area contributed by atoms with Gasteiger partial charge in [0.25, 0.3) is 0 Å². The van der Waals surface area contributed by atoms with Gasteiger partial charge in [0.05, 0.1) is 44.2 Å². The van der Waals surface area contributed by atoms with E-state index >= 15 is 0 Å². The van der Waals surface area contributed by atoms with Crippen LogP contribution in [0.2, 0.25) is 0 Å². The van der Waals surface area contributed by atoms with Crippen LogP contribution in [0.3, 0.4) is 0 Å². The van der Waals surface area contributed by atoms with Gasteiger partial charge in [-0.1, -0.05) is 13.8 Å². The Balaban J connectivity index is 1.70. The number of rotatable bonds is 8. The number of ether oxygens (including phenoxy) is 1. The Morgan fingerprint density at radius 3 is 2.72 bits per heavy atom. The van der Waals surface area contributed by atoms with Crippen LogP contribution in [0.25, 0.3) is 0 Å². The molecular formula is C16H28N6O3. The average molecular weight is 352 g/mol. The fraction of sp³-hybridized carbons (Fsp3) is 0.688. The smallest absolute Gasteiger partial charge is 0.243 e. The van der Waals surface area contributed by atoms with E-state index in [1.54, 1.807) is 17.1 Å². The molecule has 0 aromatic carbocycles. The van der Waals surface area contributed by atoms with Crippen molar-refractivity contribution in [2.24, 2.45) is 11.7 Å². The predicted molar refractivity (Wildman–Crippen MR) is 93.9 cm³/mol. The van der Waals surface area contributed by atoms with Gasteiger partial charge in [-0.2, -0.15) is 5.10 Å². The first-order valence-electron chi connectivity index (χ1n) is 8.61. The molecule has 0 aliphatic carbocycles. The lowest BCUT2D eigenvalue weighted by Gasteiger charge is -2.26. The molecule has 1 aliphatic rings. The Labute approximate surface area is 147 Å². The molecule has 4 N–H and O–H groups in total. The molecular weight excluding hydrogens is 324 g/mol. The van der Waals surface area contributed by atoms with Gasteiger partial charge in [0, 0.05) is 25.8 Å². The number of morpholine rings is 1. The maximum Gasteiger partial charge on any atom is 0.243 e. The van der Waals surface area contributed by atoms with Crippen LogP contribution in [0.4, 0.5) is 5.69 Å². The lowest BCUT2D eigenvalue weighted by Crippen LogP contribution is -2.46. The summed E-state index contributed by atoms with van der Waals surface area (Å²) in [5.74, 6) is -0.615. The van der Waals surface area contributed by atoms with Gasteiger partial charge >= 0.3 is 0 Å². The van der Waals surface area contributed by atoms with Gasteiger partial charge in [-0.3, -0.25) is 19.2 Å². The summed E-state index contributed by atoms with van der Waals surface area (Å²) in [6.45, 7) is 8.65. The van der Waals surface area contributed by atoms with Crippen LogP contribution >= 0.6 is 0 Å². The molecule has 1 aromatic rings. The summed E-state index contributed by atoms with van der Waals surface area (Å²) in [5, 5.41) is 9.49. The van der Waals surface area contributed by atoms with Crippen LogP contribution in [0.5, 0.6) is 0 Å². The molecule has 0 unspecified atom stereocenters. The molecule has 9 nitrogen and oxygen atoms in total. The van der Waals surface area contributed by atoms with Gasteiger partial charge in [-0.25, -0.2) is 0 Å². The molecule has 1 fully saturated rings. The lowest BCUT2D eigenvalue weighted by molar-refractivity contribution is -0.125. The second-order valence-corrected chi connectivity index (χ2v) is 6.48. The monoisotopic (exact) mass is 352 g/mol. The summed E-state index contributed by atoms with van der Waals surface area (Å²) < 4.78 is 7.11. The van der Waals surface area contributed by atoms with Gasteiger partial charge < -0.3 is 21.1 Å². The Morgan fingerprint density at radius 2 is 2.04 bits per heavy atom. The molecule has 2 rings (SSSR count). The van der Waals surface area contributed by atoms with Crippen LogP contribution < -0.4 is 16.4 Å². The van der Waals surface area contributed by atoms with E-state index in [0.717, 1.165) is 39.4 Å². The maximum atomic E-state index is 11.9. The number of nitrogens with one attached hydrogen (secondary N) is 2. The highest BCUT2D eigenvalue weighted by Crippen LogP contribution is 2.05. The van der Waals surface area contributed by atoms with Crippen LogP contribution in [0.1, 0.15) is 13.8 Å². The van der Waals surface area contributed by atoms with Gasteiger partial charge in [-0.05, 0) is 5.92 Å². The summed E-state index contributed by atoms with van der Waals surface area (Å²) in [4.78, 5) is 25.9. The van der Waals surface area contributed by atoms with Crippen LogP contribution in [-0.4, -0.2) is 71.9 Å². The number of amides is 2. The number of aromatic nitrogens is 2. The zero-order valence-electron chi connectivity index (χ0n) is 14.9. The molecule has 1 aliphatic heterocycles. The number of nitrogens with zero attached hydrogens (tertiary/aromatic N) is 3. The molecule has 1 saturated heterocycles. The third kappa shape index (κ3) is 6.45. The van der Waals surface area contributed by atoms with Crippen molar-refractivity contribution in [2.45, 2.75) is 26.4 Å². The Morgan fingerprint density at radius 1 is 1.32 bits per heavy atom. The summed E-state index contributed by atoms with van der Waals surface area (Å²) in [5.41, 5.74) is 6.33. The van der Waals surface area contributed by atoms with E-state index in [4.69, 9.17) is 10.5 Å². The van der Waals surface area contributed by atoms with E-state index in [0.29, 0.717) is 5.69 Å². The molecule has 0 spiro atoms. The van der Waals surface area contributed by atoms with Crippen molar-refractivity contribution in [3.63, 3.8) is 0 Å². The highest BCUT2D eigenvalue weighted by atomic mass is 16.5. The molecule has 2 amide bonds. The van der Waals surface area contributed by atoms with E-state index in [1.165, 1.54) is 0 Å². The second-order valence-electron chi connectivity index (χ2n) is 6.48. The standard InChI is InChI=1S/C16H28N6O3/c1-12(2)15(17)16(24)18-10-14(23)20-13-9-19-22(11-13)4-3-21-5-7-25-8-6-21/h9,11-12,15H,3-8,10,17H2,1-2H3,(H,18,24)(H,20,23)/t15-/m0/s1. The van der Waals surface area contributed by atoms with Crippen molar-refractivity contribution in [1.82, 2.24) is 20.0 Å². The highest BCUT2D eigenvalue weighted by Gasteiger charge is 2.17. The minimum atomic E-state index is -0.615. The molecule has 1 aromatic heterocycles. The molecule has 0 saturated carbocycles. The largest absolute Gasteiger partial charge is 0.379 e. The minimum absolute atomic E-state index is 0.0211. The third-order valence-electron chi connectivity index (χ3n) is 4.11. The predicted octanol–water partition coefficient (Wildman–Crippen LogP) is -0.747. The van der Waals surface area contributed by atoms with Gasteiger partial charge in [0.2, 0.25) is 11.8 Å². The number of hydrogen-bond donors (Lipinski definition) is 3. The minimum Gasteiger partial charge on any atom is -0.379 e. The first-order chi connectivity index (χ1) is 12.0. The topological polar surface area (TPSA) is 115 Å². The summed E-state index contributed by atoms with van der Waals surface area (Å²) >= 11 is 0. The summed E-state index contributed by atoms with van der Waals surface area (Å²) in [6.07, 6.45) is 3.37. The van der Waals surface area contributed by atoms with E-state index in [1.807, 2.05) is 13.8 Å². The van der Waals surface area contributed by atoms with Crippen molar-refractivity contribution in [2.75, 3.05) is 44.7 Å². The fourth-order valence-corrected chi connectivity index (χ4v) is 2.41. The summed E-state index contributed by atoms with van der Waals surface area (Å²) in [7, 11) is 0. The lowest BCUT2D eigenvalue weighted by atomic mass is 10.1. The third-order valence-corrected chi connectivity index (χ3v) is 4.11. The Hall–Kier alpha value is -1.97. The van der Waals surface area contributed by atoms with Gasteiger partial charge in [-0.15, -0.1) is 0 Å². The number of hydrogen-bond acceptors (Lipinski definition) is 6. The molecule has 9 heteroatoms. The van der Waals surface area contributed by atoms with Crippen LogP contribution in [0, 0.1) is 5.92 Å². The van der Waals surface area contributed by atoms with Crippen LogP contribution in [-0.2, 0) is 20.9 Å². The van der Waals surface area contributed by atoms with Crippen molar-refractivity contribution >= 4 is 17.5 Å². The van der Waals surface area contributed by atoms with Crippen molar-refractivity contribution in [1.29, 1.82) is 0 Å². The number of nitrogens with two attached hydrogens (primary N) is 1. The van der Waals surface area contributed by atoms with E-state index < -0.39 is 6.04 Å². The maximum absolute atomic E-state index is 11.9. The zero-order valence-corrected chi connectivity index (χ0v) is 14.9.